The minimum absolute atomic E-state index is 0.0412. The van der Waals surface area contributed by atoms with Crippen LogP contribution in [0.1, 0.15) is 22.1 Å². The molecule has 8 nitrogen and oxygen atoms in total. The van der Waals surface area contributed by atoms with Crippen molar-refractivity contribution in [1.29, 1.82) is 0 Å². The molecule has 0 radical (unpaired) electrons. The van der Waals surface area contributed by atoms with E-state index in [1.54, 1.807) is 46.1 Å². The van der Waals surface area contributed by atoms with Gasteiger partial charge in [0.1, 0.15) is 23.8 Å². The summed E-state index contributed by atoms with van der Waals surface area (Å²) in [7, 11) is 0. The highest BCUT2D eigenvalue weighted by Gasteiger charge is 2.33. The second kappa shape index (κ2) is 8.89. The Morgan fingerprint density at radius 1 is 0.969 bits per heavy atom. The molecular weight excluding hydrogens is 406 g/mol. The van der Waals surface area contributed by atoms with E-state index in [2.05, 4.69) is 15.3 Å². The first kappa shape index (κ1) is 19.7. The van der Waals surface area contributed by atoms with Crippen molar-refractivity contribution in [2.75, 3.05) is 13.1 Å². The van der Waals surface area contributed by atoms with Crippen molar-refractivity contribution in [3.05, 3.63) is 96.4 Å². The van der Waals surface area contributed by atoms with Crippen LogP contribution >= 0.6 is 0 Å². The van der Waals surface area contributed by atoms with Crippen molar-refractivity contribution < 1.29 is 14.3 Å². The van der Waals surface area contributed by atoms with Crippen molar-refractivity contribution in [2.45, 2.75) is 12.6 Å². The van der Waals surface area contributed by atoms with Crippen molar-refractivity contribution in [3.8, 4) is 17.4 Å². The van der Waals surface area contributed by atoms with Gasteiger partial charge in [-0.2, -0.15) is 0 Å². The number of ether oxygens (including phenoxy) is 2. The number of hydrogen-bond donors (Lipinski definition) is 0. The number of likely N-dealkylation sites (tertiary alicyclic amines) is 1. The lowest BCUT2D eigenvalue weighted by atomic mass is 10.1. The average Bonchev–Trinajstić information content (AvgIpc) is 3.27. The van der Waals surface area contributed by atoms with Crippen LogP contribution in [-0.2, 0) is 6.61 Å². The first-order chi connectivity index (χ1) is 15.7. The fourth-order valence-electron chi connectivity index (χ4n) is 3.42. The zero-order chi connectivity index (χ0) is 21.8. The minimum Gasteiger partial charge on any atom is -0.487 e. The van der Waals surface area contributed by atoms with E-state index in [1.165, 1.54) is 0 Å². The molecule has 1 aliphatic heterocycles. The molecule has 0 aliphatic carbocycles. The van der Waals surface area contributed by atoms with Gasteiger partial charge >= 0.3 is 0 Å². The molecule has 1 amide bonds. The van der Waals surface area contributed by atoms with Crippen LogP contribution in [-0.4, -0.2) is 43.9 Å². The topological polar surface area (TPSA) is 82.4 Å². The number of nitrogens with zero attached hydrogens (tertiary/aromatic N) is 5. The Morgan fingerprint density at radius 3 is 2.59 bits per heavy atom. The maximum absolute atomic E-state index is 12.9. The minimum atomic E-state index is -0.0412. The molecule has 1 saturated heterocycles. The fourth-order valence-corrected chi connectivity index (χ4v) is 3.42. The van der Waals surface area contributed by atoms with Gasteiger partial charge in [0.15, 0.2) is 0 Å². The molecule has 2 aromatic carbocycles. The van der Waals surface area contributed by atoms with E-state index >= 15 is 0 Å². The lowest BCUT2D eigenvalue weighted by Crippen LogP contribution is -2.50. The summed E-state index contributed by atoms with van der Waals surface area (Å²) in [5.41, 5.74) is 1.32. The fraction of sp³-hybridized carbons (Fsp3) is 0.167. The Morgan fingerprint density at radius 2 is 1.78 bits per heavy atom. The molecule has 32 heavy (non-hydrogen) atoms. The summed E-state index contributed by atoms with van der Waals surface area (Å²) in [5, 5.41) is 8.38. The predicted molar refractivity (Wildman–Crippen MR) is 116 cm³/mol. The number of benzene rings is 2. The standard InChI is InChI=1S/C24H21N5O3/c30-24(18-7-6-10-22(13-18)32-23-11-4-5-12-25-23)28-15-20(16-28)29-14-19(26-27-29)17-31-21-8-2-1-3-9-21/h1-14,20H,15-17H2. The van der Waals surface area contributed by atoms with Crippen molar-refractivity contribution in [2.24, 2.45) is 0 Å². The number of para-hydroxylation sites is 1. The summed E-state index contributed by atoms with van der Waals surface area (Å²) in [6.45, 7) is 1.50. The number of hydrogen-bond acceptors (Lipinski definition) is 6. The maximum atomic E-state index is 12.9. The molecule has 3 heterocycles. The van der Waals surface area contributed by atoms with Gasteiger partial charge in [-0.15, -0.1) is 5.10 Å². The van der Waals surface area contributed by atoms with E-state index in [4.69, 9.17) is 9.47 Å². The number of carbonyl (C=O) groups is 1. The molecule has 160 valence electrons. The molecule has 0 bridgehead atoms. The van der Waals surface area contributed by atoms with Crippen molar-refractivity contribution in [3.63, 3.8) is 0 Å². The van der Waals surface area contributed by atoms with Crippen molar-refractivity contribution in [1.82, 2.24) is 24.9 Å². The highest BCUT2D eigenvalue weighted by Crippen LogP contribution is 2.25. The smallest absolute Gasteiger partial charge is 0.254 e. The molecule has 8 heteroatoms. The summed E-state index contributed by atoms with van der Waals surface area (Å²) in [5.74, 6) is 1.81. The van der Waals surface area contributed by atoms with E-state index < -0.39 is 0 Å². The molecule has 0 N–H and O–H groups in total. The van der Waals surface area contributed by atoms with Crippen LogP contribution in [0.15, 0.2) is 85.2 Å². The first-order valence-corrected chi connectivity index (χ1v) is 10.3. The van der Waals surface area contributed by atoms with E-state index in [9.17, 15) is 4.79 Å². The van der Waals surface area contributed by atoms with Gasteiger partial charge in [-0.3, -0.25) is 4.79 Å². The Hall–Kier alpha value is -4.20. The van der Waals surface area contributed by atoms with Crippen LogP contribution in [0.2, 0.25) is 0 Å². The van der Waals surface area contributed by atoms with E-state index in [0.29, 0.717) is 36.9 Å². The van der Waals surface area contributed by atoms with Gasteiger partial charge in [-0.05, 0) is 36.4 Å². The zero-order valence-electron chi connectivity index (χ0n) is 17.2. The molecular formula is C24H21N5O3. The third-order valence-corrected chi connectivity index (χ3v) is 5.15. The molecule has 1 fully saturated rings. The summed E-state index contributed by atoms with van der Waals surface area (Å²) in [6.07, 6.45) is 3.53. The second-order valence-electron chi connectivity index (χ2n) is 7.45. The Balaban J connectivity index is 1.16. The molecule has 5 rings (SSSR count). The highest BCUT2D eigenvalue weighted by molar-refractivity contribution is 5.95. The molecule has 2 aromatic heterocycles. The van der Waals surface area contributed by atoms with Gasteiger partial charge in [0.25, 0.3) is 5.91 Å². The monoisotopic (exact) mass is 427 g/mol. The average molecular weight is 427 g/mol. The van der Waals surface area contributed by atoms with Crippen LogP contribution < -0.4 is 9.47 Å². The lowest BCUT2D eigenvalue weighted by Gasteiger charge is -2.38. The van der Waals surface area contributed by atoms with E-state index in [1.807, 2.05) is 48.7 Å². The first-order valence-electron chi connectivity index (χ1n) is 10.3. The van der Waals surface area contributed by atoms with Crippen LogP contribution in [0.5, 0.6) is 17.4 Å². The third kappa shape index (κ3) is 4.44. The second-order valence-corrected chi connectivity index (χ2v) is 7.45. The van der Waals surface area contributed by atoms with Gasteiger partial charge in [0, 0.05) is 30.9 Å². The SMILES string of the molecule is O=C(c1cccc(Oc2ccccn2)c1)N1CC(n2cc(COc3ccccc3)nn2)C1. The Labute approximate surface area is 185 Å². The number of pyridine rings is 1. The molecule has 0 atom stereocenters. The molecule has 1 aliphatic rings. The summed E-state index contributed by atoms with van der Waals surface area (Å²) < 4.78 is 13.2. The third-order valence-electron chi connectivity index (χ3n) is 5.15. The molecule has 4 aromatic rings. The molecule has 0 saturated carbocycles. The van der Waals surface area contributed by atoms with Crippen LogP contribution in [0, 0.1) is 0 Å². The maximum Gasteiger partial charge on any atom is 0.254 e. The normalized spacial score (nSPS) is 13.4. The Kier molecular flexibility index (Phi) is 5.48. The number of aromatic nitrogens is 4. The number of rotatable bonds is 7. The quantitative estimate of drug-likeness (QED) is 0.447. The zero-order valence-corrected chi connectivity index (χ0v) is 17.2. The summed E-state index contributed by atoms with van der Waals surface area (Å²) >= 11 is 0. The van der Waals surface area contributed by atoms with Gasteiger partial charge in [0.2, 0.25) is 5.88 Å². The van der Waals surface area contributed by atoms with Gasteiger partial charge in [-0.25, -0.2) is 9.67 Å². The number of amides is 1. The van der Waals surface area contributed by atoms with Gasteiger partial charge < -0.3 is 14.4 Å². The molecule has 0 spiro atoms. The van der Waals surface area contributed by atoms with E-state index in [-0.39, 0.29) is 11.9 Å². The van der Waals surface area contributed by atoms with Crippen LogP contribution in [0.4, 0.5) is 0 Å². The highest BCUT2D eigenvalue weighted by atomic mass is 16.5. The lowest BCUT2D eigenvalue weighted by molar-refractivity contribution is 0.0498. The van der Waals surface area contributed by atoms with Gasteiger partial charge in [0.05, 0.1) is 12.2 Å². The Bertz CT molecular complexity index is 1190. The van der Waals surface area contributed by atoms with Crippen molar-refractivity contribution >= 4 is 5.91 Å². The van der Waals surface area contributed by atoms with Crippen LogP contribution in [0.25, 0.3) is 0 Å². The van der Waals surface area contributed by atoms with E-state index in [0.717, 1.165) is 11.4 Å². The summed E-state index contributed by atoms with van der Waals surface area (Å²) in [6, 6.07) is 22.3. The van der Waals surface area contributed by atoms with Gasteiger partial charge in [-0.1, -0.05) is 35.5 Å². The summed E-state index contributed by atoms with van der Waals surface area (Å²) in [4.78, 5) is 18.8. The largest absolute Gasteiger partial charge is 0.487 e. The van der Waals surface area contributed by atoms with Crippen LogP contribution in [0.3, 0.4) is 0 Å². The predicted octanol–water partition coefficient (Wildman–Crippen LogP) is 3.74. The molecule has 0 unspecified atom stereocenters. The number of carbonyl (C=O) groups excluding carboxylic acids is 1.